The van der Waals surface area contributed by atoms with Crippen LogP contribution in [0.4, 0.5) is 0 Å². The second-order valence-corrected chi connectivity index (χ2v) is 8.77. The van der Waals surface area contributed by atoms with Crippen LogP contribution >= 0.6 is 22.7 Å². The number of hydrogen-bond donors (Lipinski definition) is 1. The van der Waals surface area contributed by atoms with Gasteiger partial charge in [-0.05, 0) is 30.0 Å². The second kappa shape index (κ2) is 7.40. The molecule has 0 radical (unpaired) electrons. The van der Waals surface area contributed by atoms with Gasteiger partial charge in [0.1, 0.15) is 5.01 Å². The summed E-state index contributed by atoms with van der Waals surface area (Å²) in [6, 6.07) is 13.3. The molecule has 0 saturated heterocycles. The van der Waals surface area contributed by atoms with Crippen LogP contribution in [0.3, 0.4) is 0 Å². The van der Waals surface area contributed by atoms with Gasteiger partial charge in [0.05, 0.1) is 10.6 Å². The Balaban J connectivity index is 1.68. The van der Waals surface area contributed by atoms with Gasteiger partial charge in [-0.2, -0.15) is 0 Å². The van der Waals surface area contributed by atoms with E-state index in [1.165, 1.54) is 16.7 Å². The highest BCUT2D eigenvalue weighted by Crippen LogP contribution is 2.31. The topological polar surface area (TPSA) is 59.1 Å². The maximum atomic E-state index is 12.1. The quantitative estimate of drug-likeness (QED) is 0.699. The summed E-state index contributed by atoms with van der Waals surface area (Å²) in [7, 11) is -3.49. The van der Waals surface area contributed by atoms with Crippen LogP contribution in [0, 0.1) is 6.92 Å². The molecule has 1 aromatic carbocycles. The lowest BCUT2D eigenvalue weighted by atomic mass is 10.2. The van der Waals surface area contributed by atoms with Gasteiger partial charge in [0.15, 0.2) is 0 Å². The Bertz CT molecular complexity index is 928. The number of thiazole rings is 1. The minimum atomic E-state index is -3.49. The first kappa shape index (κ1) is 17.0. The van der Waals surface area contributed by atoms with E-state index in [2.05, 4.69) is 9.71 Å². The van der Waals surface area contributed by atoms with Crippen LogP contribution < -0.4 is 4.72 Å². The normalized spacial score (nSPS) is 12.0. The minimum absolute atomic E-state index is 0.246. The Hall–Kier alpha value is -1.80. The summed E-state index contributed by atoms with van der Waals surface area (Å²) < 4.78 is 26.8. The number of nitrogens with one attached hydrogen (secondary N) is 1. The SMILES string of the molecule is Cc1nc(-c2cccs2)sc1CNS(=O)(=O)/C=C/c1ccccc1. The molecule has 0 aliphatic carbocycles. The van der Waals surface area contributed by atoms with E-state index in [0.29, 0.717) is 0 Å². The lowest BCUT2D eigenvalue weighted by Gasteiger charge is -2.01. The third kappa shape index (κ3) is 4.39. The van der Waals surface area contributed by atoms with Crippen LogP contribution in [0.5, 0.6) is 0 Å². The van der Waals surface area contributed by atoms with Crippen molar-refractivity contribution in [1.29, 1.82) is 0 Å². The van der Waals surface area contributed by atoms with Crippen LogP contribution in [-0.2, 0) is 16.6 Å². The Morgan fingerprint density at radius 3 is 2.67 bits per heavy atom. The molecular weight excluding hydrogens is 360 g/mol. The molecule has 4 nitrogen and oxygen atoms in total. The number of nitrogens with zero attached hydrogens (tertiary/aromatic N) is 1. The molecule has 0 aliphatic heterocycles. The van der Waals surface area contributed by atoms with Crippen molar-refractivity contribution in [3.8, 4) is 9.88 Å². The van der Waals surface area contributed by atoms with Crippen LogP contribution in [0.2, 0.25) is 0 Å². The van der Waals surface area contributed by atoms with E-state index in [1.54, 1.807) is 17.4 Å². The summed E-state index contributed by atoms with van der Waals surface area (Å²) in [5.74, 6) is 0. The van der Waals surface area contributed by atoms with Gasteiger partial charge in [-0.1, -0.05) is 36.4 Å². The summed E-state index contributed by atoms with van der Waals surface area (Å²) in [4.78, 5) is 6.55. The smallest absolute Gasteiger partial charge is 0.234 e. The molecule has 124 valence electrons. The van der Waals surface area contributed by atoms with Crippen molar-refractivity contribution in [3.05, 3.63) is 69.4 Å². The fraction of sp³-hybridized carbons (Fsp3) is 0.118. The standard InChI is InChI=1S/C17H16N2O2S3/c1-13-16(23-17(19-13)15-8-5-10-22-15)12-18-24(20,21)11-9-14-6-3-2-4-7-14/h2-11,18H,12H2,1H3/b11-9+. The van der Waals surface area contributed by atoms with E-state index in [0.717, 1.165) is 26.0 Å². The second-order valence-electron chi connectivity index (χ2n) is 5.08. The molecule has 24 heavy (non-hydrogen) atoms. The minimum Gasteiger partial charge on any atom is -0.240 e. The molecule has 7 heteroatoms. The number of thiophene rings is 1. The number of sulfonamides is 1. The van der Waals surface area contributed by atoms with Gasteiger partial charge >= 0.3 is 0 Å². The summed E-state index contributed by atoms with van der Waals surface area (Å²) in [6.07, 6.45) is 1.58. The molecule has 0 amide bonds. The molecule has 1 N–H and O–H groups in total. The summed E-state index contributed by atoms with van der Waals surface area (Å²) in [5.41, 5.74) is 1.70. The molecule has 2 heterocycles. The first-order valence-corrected chi connectivity index (χ1v) is 10.5. The zero-order valence-electron chi connectivity index (χ0n) is 13.0. The largest absolute Gasteiger partial charge is 0.240 e. The Labute approximate surface area is 149 Å². The van der Waals surface area contributed by atoms with E-state index in [1.807, 2.05) is 54.8 Å². The van der Waals surface area contributed by atoms with E-state index in [4.69, 9.17) is 0 Å². The first-order chi connectivity index (χ1) is 11.5. The predicted molar refractivity (Wildman–Crippen MR) is 101 cm³/mol. The van der Waals surface area contributed by atoms with Crippen LogP contribution in [0.1, 0.15) is 16.1 Å². The van der Waals surface area contributed by atoms with E-state index in [9.17, 15) is 8.42 Å². The fourth-order valence-corrected chi connectivity index (χ4v) is 4.71. The maximum absolute atomic E-state index is 12.1. The van der Waals surface area contributed by atoms with Gasteiger partial charge < -0.3 is 0 Å². The number of aryl methyl sites for hydroxylation is 1. The maximum Gasteiger partial charge on any atom is 0.234 e. The molecule has 3 aromatic rings. The summed E-state index contributed by atoms with van der Waals surface area (Å²) >= 11 is 3.15. The number of hydrogen-bond acceptors (Lipinski definition) is 5. The molecule has 0 saturated carbocycles. The van der Waals surface area contributed by atoms with Gasteiger partial charge in [0.2, 0.25) is 10.0 Å². The molecule has 0 bridgehead atoms. The number of aromatic nitrogens is 1. The molecule has 0 aliphatic rings. The van der Waals surface area contributed by atoms with Crippen molar-refractivity contribution in [2.24, 2.45) is 0 Å². The molecule has 2 aromatic heterocycles. The van der Waals surface area contributed by atoms with E-state index in [-0.39, 0.29) is 6.54 Å². The zero-order chi connectivity index (χ0) is 17.0. The average Bonchev–Trinajstić information content (AvgIpc) is 3.22. The van der Waals surface area contributed by atoms with Crippen LogP contribution in [0.25, 0.3) is 16.0 Å². The van der Waals surface area contributed by atoms with Gasteiger partial charge in [0, 0.05) is 16.8 Å². The van der Waals surface area contributed by atoms with Crippen molar-refractivity contribution in [3.63, 3.8) is 0 Å². The lowest BCUT2D eigenvalue weighted by molar-refractivity contribution is 0.591. The molecule has 0 unspecified atom stereocenters. The molecule has 3 rings (SSSR count). The zero-order valence-corrected chi connectivity index (χ0v) is 15.4. The fourth-order valence-electron chi connectivity index (χ4n) is 2.04. The van der Waals surface area contributed by atoms with E-state index >= 15 is 0 Å². The van der Waals surface area contributed by atoms with Gasteiger partial charge in [0.25, 0.3) is 0 Å². The molecular formula is C17H16N2O2S3. The highest BCUT2D eigenvalue weighted by Gasteiger charge is 2.12. The van der Waals surface area contributed by atoms with Crippen molar-refractivity contribution < 1.29 is 8.42 Å². The highest BCUT2D eigenvalue weighted by atomic mass is 32.2. The molecule has 0 spiro atoms. The molecule has 0 fully saturated rings. The van der Waals surface area contributed by atoms with Crippen LogP contribution in [-0.4, -0.2) is 13.4 Å². The van der Waals surface area contributed by atoms with Crippen molar-refractivity contribution in [2.45, 2.75) is 13.5 Å². The van der Waals surface area contributed by atoms with E-state index < -0.39 is 10.0 Å². The lowest BCUT2D eigenvalue weighted by Crippen LogP contribution is -2.20. The third-order valence-electron chi connectivity index (χ3n) is 3.30. The third-order valence-corrected chi connectivity index (χ3v) is 6.54. The average molecular weight is 377 g/mol. The number of benzene rings is 1. The van der Waals surface area contributed by atoms with Gasteiger partial charge in [-0.15, -0.1) is 22.7 Å². The first-order valence-electron chi connectivity index (χ1n) is 7.26. The number of rotatable bonds is 6. The van der Waals surface area contributed by atoms with Gasteiger partial charge in [-0.25, -0.2) is 18.1 Å². The monoisotopic (exact) mass is 376 g/mol. The highest BCUT2D eigenvalue weighted by molar-refractivity contribution is 7.92. The predicted octanol–water partition coefficient (Wildman–Crippen LogP) is 4.27. The van der Waals surface area contributed by atoms with Crippen molar-refractivity contribution in [1.82, 2.24) is 9.71 Å². The Morgan fingerprint density at radius 1 is 1.17 bits per heavy atom. The van der Waals surface area contributed by atoms with Crippen LogP contribution in [0.15, 0.2) is 53.3 Å². The Kier molecular flexibility index (Phi) is 5.25. The van der Waals surface area contributed by atoms with Crippen molar-refractivity contribution >= 4 is 38.8 Å². The van der Waals surface area contributed by atoms with Crippen molar-refractivity contribution in [2.75, 3.05) is 0 Å². The Morgan fingerprint density at radius 2 is 1.96 bits per heavy atom. The van der Waals surface area contributed by atoms with Gasteiger partial charge in [-0.3, -0.25) is 0 Å². The summed E-state index contributed by atoms with van der Waals surface area (Å²) in [6.45, 7) is 2.15. The molecule has 0 atom stereocenters. The summed E-state index contributed by atoms with van der Waals surface area (Å²) in [5, 5.41) is 4.12.